The van der Waals surface area contributed by atoms with Gasteiger partial charge in [-0.15, -0.1) is 4.40 Å². The molecule has 0 aromatic heterocycles. The average molecular weight is 391 g/mol. The number of carbonyl (C=O) groups excluding carboxylic acids is 1. The number of anilines is 1. The van der Waals surface area contributed by atoms with Gasteiger partial charge in [-0.25, -0.2) is 0 Å². The highest BCUT2D eigenvalue weighted by Gasteiger charge is 2.28. The smallest absolute Gasteiger partial charge is 0.285 e. The predicted molar refractivity (Wildman–Crippen MR) is 108 cm³/mol. The Morgan fingerprint density at radius 3 is 2.29 bits per heavy atom. The summed E-state index contributed by atoms with van der Waals surface area (Å²) in [6, 6.07) is 23.1. The second-order valence-corrected chi connectivity index (χ2v) is 7.85. The fourth-order valence-corrected chi connectivity index (χ4v) is 4.09. The number of rotatable bonds is 4. The molecule has 7 heteroatoms. The Morgan fingerprint density at radius 2 is 1.54 bits per heavy atom. The molecule has 3 aromatic rings. The summed E-state index contributed by atoms with van der Waals surface area (Å²) >= 11 is 0. The maximum Gasteiger partial charge on any atom is 0.285 e. The largest absolute Gasteiger partial charge is 0.348 e. The van der Waals surface area contributed by atoms with Crippen molar-refractivity contribution in [1.82, 2.24) is 5.32 Å². The highest BCUT2D eigenvalue weighted by atomic mass is 32.2. The SMILES string of the molecule is O=C(NCc1ccccc1)c1ccc(NC2=NS(=O)(=O)c3ccccc32)cc1. The summed E-state index contributed by atoms with van der Waals surface area (Å²) in [6.07, 6.45) is 0. The number of benzene rings is 3. The highest BCUT2D eigenvalue weighted by Crippen LogP contribution is 2.26. The van der Waals surface area contributed by atoms with Crippen LogP contribution in [0.25, 0.3) is 0 Å². The van der Waals surface area contributed by atoms with Crippen molar-refractivity contribution in [3.63, 3.8) is 0 Å². The molecule has 0 saturated heterocycles. The lowest BCUT2D eigenvalue weighted by Gasteiger charge is -2.08. The van der Waals surface area contributed by atoms with Crippen LogP contribution < -0.4 is 10.6 Å². The van der Waals surface area contributed by atoms with Gasteiger partial charge in [-0.3, -0.25) is 4.79 Å². The summed E-state index contributed by atoms with van der Waals surface area (Å²) in [5, 5.41) is 5.89. The van der Waals surface area contributed by atoms with Crippen molar-refractivity contribution >= 4 is 27.5 Å². The van der Waals surface area contributed by atoms with Crippen molar-refractivity contribution in [3.05, 3.63) is 95.6 Å². The Bertz CT molecular complexity index is 1160. The number of sulfonamides is 1. The number of nitrogens with zero attached hydrogens (tertiary/aromatic N) is 1. The van der Waals surface area contributed by atoms with Crippen LogP contribution in [0.5, 0.6) is 0 Å². The summed E-state index contributed by atoms with van der Waals surface area (Å²) in [7, 11) is -3.67. The monoisotopic (exact) mass is 391 g/mol. The van der Waals surface area contributed by atoms with Crippen molar-refractivity contribution in [1.29, 1.82) is 0 Å². The van der Waals surface area contributed by atoms with E-state index < -0.39 is 10.0 Å². The molecular formula is C21H17N3O3S. The molecule has 0 unspecified atom stereocenters. The molecule has 0 saturated carbocycles. The van der Waals surface area contributed by atoms with E-state index in [0.29, 0.717) is 23.4 Å². The zero-order chi connectivity index (χ0) is 19.6. The molecule has 1 amide bonds. The maximum atomic E-state index is 12.3. The minimum absolute atomic E-state index is 0.179. The van der Waals surface area contributed by atoms with Crippen LogP contribution in [0.4, 0.5) is 5.69 Å². The van der Waals surface area contributed by atoms with Crippen LogP contribution in [-0.4, -0.2) is 20.2 Å². The van der Waals surface area contributed by atoms with Gasteiger partial charge in [0.05, 0.1) is 0 Å². The van der Waals surface area contributed by atoms with Crippen LogP contribution >= 0.6 is 0 Å². The zero-order valence-electron chi connectivity index (χ0n) is 14.8. The van der Waals surface area contributed by atoms with Crippen LogP contribution in [0, 0.1) is 0 Å². The summed E-state index contributed by atoms with van der Waals surface area (Å²) in [4.78, 5) is 12.5. The Labute approximate surface area is 163 Å². The minimum atomic E-state index is -3.67. The second kappa shape index (κ2) is 7.28. The van der Waals surface area contributed by atoms with Crippen LogP contribution in [0.2, 0.25) is 0 Å². The molecule has 0 fully saturated rings. The average Bonchev–Trinajstić information content (AvgIpc) is 2.98. The quantitative estimate of drug-likeness (QED) is 0.715. The summed E-state index contributed by atoms with van der Waals surface area (Å²) in [5.74, 6) is 0.0958. The van der Waals surface area contributed by atoms with E-state index in [1.165, 1.54) is 6.07 Å². The first-order valence-electron chi connectivity index (χ1n) is 8.66. The van der Waals surface area contributed by atoms with Crippen molar-refractivity contribution in [2.75, 3.05) is 5.32 Å². The van der Waals surface area contributed by atoms with E-state index in [1.54, 1.807) is 42.5 Å². The Morgan fingerprint density at radius 1 is 0.857 bits per heavy atom. The van der Waals surface area contributed by atoms with E-state index in [4.69, 9.17) is 0 Å². The molecule has 0 aliphatic carbocycles. The van der Waals surface area contributed by atoms with Gasteiger partial charge in [0.1, 0.15) is 4.90 Å². The van der Waals surface area contributed by atoms with Crippen molar-refractivity contribution in [2.45, 2.75) is 11.4 Å². The van der Waals surface area contributed by atoms with Gasteiger partial charge in [0.2, 0.25) is 0 Å². The predicted octanol–water partition coefficient (Wildman–Crippen LogP) is 3.18. The Hall–Kier alpha value is -3.45. The maximum absolute atomic E-state index is 12.3. The van der Waals surface area contributed by atoms with Gasteiger partial charge < -0.3 is 10.6 Å². The van der Waals surface area contributed by atoms with E-state index in [-0.39, 0.29) is 16.6 Å². The van der Waals surface area contributed by atoms with Gasteiger partial charge in [-0.2, -0.15) is 8.42 Å². The summed E-state index contributed by atoms with van der Waals surface area (Å²) in [5.41, 5.74) is 2.72. The fourth-order valence-electron chi connectivity index (χ4n) is 2.92. The van der Waals surface area contributed by atoms with E-state index in [0.717, 1.165) is 5.56 Å². The molecule has 1 aliphatic rings. The normalized spacial score (nSPS) is 14.1. The van der Waals surface area contributed by atoms with Crippen LogP contribution in [0.15, 0.2) is 88.2 Å². The topological polar surface area (TPSA) is 87.6 Å². The van der Waals surface area contributed by atoms with Gasteiger partial charge in [-0.05, 0) is 42.0 Å². The van der Waals surface area contributed by atoms with Crippen LogP contribution in [0.1, 0.15) is 21.5 Å². The highest BCUT2D eigenvalue weighted by molar-refractivity contribution is 7.90. The number of nitrogens with one attached hydrogen (secondary N) is 2. The number of fused-ring (bicyclic) bond motifs is 1. The van der Waals surface area contributed by atoms with E-state index in [9.17, 15) is 13.2 Å². The molecule has 4 rings (SSSR count). The van der Waals surface area contributed by atoms with Gasteiger partial charge in [0.25, 0.3) is 15.9 Å². The molecule has 3 aromatic carbocycles. The number of amidine groups is 1. The standard InChI is InChI=1S/C21H17N3O3S/c25-21(22-14-15-6-2-1-3-7-15)16-10-12-17(13-11-16)23-20-18-8-4-5-9-19(18)28(26,27)24-20/h1-13H,14H2,(H,22,25)(H,23,24). The van der Waals surface area contributed by atoms with Crippen LogP contribution in [-0.2, 0) is 16.6 Å². The molecular weight excluding hydrogens is 374 g/mol. The Kier molecular flexibility index (Phi) is 4.67. The summed E-state index contributed by atoms with van der Waals surface area (Å²) < 4.78 is 28.0. The molecule has 0 spiro atoms. The molecule has 6 nitrogen and oxygen atoms in total. The van der Waals surface area contributed by atoms with Gasteiger partial charge >= 0.3 is 0 Å². The van der Waals surface area contributed by atoms with E-state index in [1.807, 2.05) is 30.3 Å². The van der Waals surface area contributed by atoms with E-state index >= 15 is 0 Å². The number of amides is 1. The molecule has 140 valence electrons. The first-order valence-corrected chi connectivity index (χ1v) is 10.1. The van der Waals surface area contributed by atoms with Crippen molar-refractivity contribution < 1.29 is 13.2 Å². The zero-order valence-corrected chi connectivity index (χ0v) is 15.6. The summed E-state index contributed by atoms with van der Waals surface area (Å²) in [6.45, 7) is 0.450. The Balaban J connectivity index is 1.45. The third-order valence-corrected chi connectivity index (χ3v) is 5.67. The lowest BCUT2D eigenvalue weighted by atomic mass is 10.1. The molecule has 0 bridgehead atoms. The third-order valence-electron chi connectivity index (χ3n) is 4.34. The molecule has 0 atom stereocenters. The minimum Gasteiger partial charge on any atom is -0.348 e. The number of hydrogen-bond acceptors (Lipinski definition) is 4. The fraction of sp³-hybridized carbons (Fsp3) is 0.0476. The first kappa shape index (κ1) is 17.9. The van der Waals surface area contributed by atoms with Crippen molar-refractivity contribution in [2.24, 2.45) is 4.40 Å². The molecule has 1 heterocycles. The lowest BCUT2D eigenvalue weighted by molar-refractivity contribution is 0.0951. The lowest BCUT2D eigenvalue weighted by Crippen LogP contribution is -2.22. The van der Waals surface area contributed by atoms with Crippen LogP contribution in [0.3, 0.4) is 0 Å². The number of hydrogen-bond donors (Lipinski definition) is 2. The molecule has 28 heavy (non-hydrogen) atoms. The second-order valence-electron chi connectivity index (χ2n) is 6.28. The molecule has 2 N–H and O–H groups in total. The van der Waals surface area contributed by atoms with Gasteiger partial charge in [0.15, 0.2) is 5.84 Å². The first-order chi connectivity index (χ1) is 13.5. The third kappa shape index (κ3) is 3.65. The van der Waals surface area contributed by atoms with Gasteiger partial charge in [0, 0.05) is 23.4 Å². The van der Waals surface area contributed by atoms with Gasteiger partial charge in [-0.1, -0.05) is 42.5 Å². The molecule has 0 radical (unpaired) electrons. The number of carbonyl (C=O) groups is 1. The van der Waals surface area contributed by atoms with Crippen molar-refractivity contribution in [3.8, 4) is 0 Å². The molecule has 1 aliphatic heterocycles. The van der Waals surface area contributed by atoms with E-state index in [2.05, 4.69) is 15.0 Å².